The van der Waals surface area contributed by atoms with Gasteiger partial charge in [-0.1, -0.05) is 12.1 Å². The Morgan fingerprint density at radius 1 is 1.56 bits per heavy atom. The van der Waals surface area contributed by atoms with Crippen LogP contribution in [0.3, 0.4) is 0 Å². The molecule has 2 N–H and O–H groups in total. The fourth-order valence-electron chi connectivity index (χ4n) is 1.10. The van der Waals surface area contributed by atoms with Crippen LogP contribution in [0.4, 0.5) is 0 Å². The standard InChI is InChI=1S/C9H14N4O3/c1-3-9(2,8(15)16)11-7(14)6-13-5-4-10-12-13/h4-5H,3,6H2,1-2H3,(H,11,14)(H,15,16). The Kier molecular flexibility index (Phi) is 3.60. The second-order valence-electron chi connectivity index (χ2n) is 3.64. The van der Waals surface area contributed by atoms with Crippen molar-refractivity contribution in [1.29, 1.82) is 0 Å². The molecule has 16 heavy (non-hydrogen) atoms. The fourth-order valence-corrected chi connectivity index (χ4v) is 1.10. The lowest BCUT2D eigenvalue weighted by atomic mass is 9.99. The molecule has 0 aromatic carbocycles. The average molecular weight is 226 g/mol. The molecule has 7 nitrogen and oxygen atoms in total. The first-order chi connectivity index (χ1) is 7.48. The average Bonchev–Trinajstić information content (AvgIpc) is 2.69. The second kappa shape index (κ2) is 4.73. The van der Waals surface area contributed by atoms with E-state index in [1.807, 2.05) is 0 Å². The van der Waals surface area contributed by atoms with Crippen LogP contribution in [0.15, 0.2) is 12.4 Å². The molecule has 1 aromatic rings. The minimum Gasteiger partial charge on any atom is -0.480 e. The van der Waals surface area contributed by atoms with Gasteiger partial charge in [0.25, 0.3) is 0 Å². The minimum absolute atomic E-state index is 0.0388. The van der Waals surface area contributed by atoms with Gasteiger partial charge in [0, 0.05) is 6.20 Å². The molecule has 0 aliphatic rings. The van der Waals surface area contributed by atoms with Crippen molar-refractivity contribution in [1.82, 2.24) is 20.3 Å². The summed E-state index contributed by atoms with van der Waals surface area (Å²) >= 11 is 0. The third-order valence-corrected chi connectivity index (χ3v) is 2.37. The maximum atomic E-state index is 11.5. The number of nitrogens with zero attached hydrogens (tertiary/aromatic N) is 3. The molecule has 1 amide bonds. The van der Waals surface area contributed by atoms with Gasteiger partial charge in [0.05, 0.1) is 6.20 Å². The van der Waals surface area contributed by atoms with Crippen molar-refractivity contribution in [2.45, 2.75) is 32.4 Å². The van der Waals surface area contributed by atoms with E-state index in [1.54, 1.807) is 6.92 Å². The second-order valence-corrected chi connectivity index (χ2v) is 3.64. The molecule has 0 saturated heterocycles. The van der Waals surface area contributed by atoms with E-state index in [4.69, 9.17) is 5.11 Å². The highest BCUT2D eigenvalue weighted by molar-refractivity contribution is 5.86. The van der Waals surface area contributed by atoms with E-state index in [0.717, 1.165) is 0 Å². The summed E-state index contributed by atoms with van der Waals surface area (Å²) in [5.74, 6) is -1.46. The van der Waals surface area contributed by atoms with E-state index in [-0.39, 0.29) is 6.54 Å². The number of hydrogen-bond donors (Lipinski definition) is 2. The van der Waals surface area contributed by atoms with Gasteiger partial charge in [-0.2, -0.15) is 0 Å². The van der Waals surface area contributed by atoms with Crippen LogP contribution in [0.5, 0.6) is 0 Å². The molecule has 1 heterocycles. The first kappa shape index (κ1) is 12.2. The Labute approximate surface area is 92.4 Å². The van der Waals surface area contributed by atoms with Crippen molar-refractivity contribution in [3.05, 3.63) is 12.4 Å². The summed E-state index contributed by atoms with van der Waals surface area (Å²) in [4.78, 5) is 22.5. The monoisotopic (exact) mass is 226 g/mol. The van der Waals surface area contributed by atoms with Crippen LogP contribution in [0.1, 0.15) is 20.3 Å². The minimum atomic E-state index is -1.24. The predicted octanol–water partition coefficient (Wildman–Crippen LogP) is -0.352. The van der Waals surface area contributed by atoms with Gasteiger partial charge in [-0.25, -0.2) is 9.48 Å². The summed E-state index contributed by atoms with van der Waals surface area (Å²) in [5, 5.41) is 18.6. The van der Waals surface area contributed by atoms with Crippen LogP contribution in [0.25, 0.3) is 0 Å². The number of aromatic nitrogens is 3. The molecule has 0 radical (unpaired) electrons. The van der Waals surface area contributed by atoms with Gasteiger partial charge < -0.3 is 10.4 Å². The predicted molar refractivity (Wildman–Crippen MR) is 54.5 cm³/mol. The Bertz CT molecular complexity index is 376. The lowest BCUT2D eigenvalue weighted by molar-refractivity contribution is -0.147. The topological polar surface area (TPSA) is 97.1 Å². The van der Waals surface area contributed by atoms with Crippen molar-refractivity contribution in [3.63, 3.8) is 0 Å². The van der Waals surface area contributed by atoms with E-state index in [1.165, 1.54) is 24.0 Å². The SMILES string of the molecule is CCC(C)(NC(=O)Cn1ccnn1)C(=O)O. The zero-order chi connectivity index (χ0) is 12.2. The van der Waals surface area contributed by atoms with E-state index in [2.05, 4.69) is 15.6 Å². The number of carboxylic acid groups (broad SMARTS) is 1. The van der Waals surface area contributed by atoms with Crippen LogP contribution >= 0.6 is 0 Å². The van der Waals surface area contributed by atoms with Gasteiger partial charge in [0.1, 0.15) is 12.1 Å². The molecular weight excluding hydrogens is 212 g/mol. The first-order valence-corrected chi connectivity index (χ1v) is 4.86. The lowest BCUT2D eigenvalue weighted by Crippen LogP contribution is -2.52. The number of amides is 1. The molecule has 1 aromatic heterocycles. The molecule has 1 atom stereocenters. The highest BCUT2D eigenvalue weighted by Crippen LogP contribution is 2.08. The smallest absolute Gasteiger partial charge is 0.329 e. The highest BCUT2D eigenvalue weighted by atomic mass is 16.4. The van der Waals surface area contributed by atoms with Crippen molar-refractivity contribution >= 4 is 11.9 Å². The van der Waals surface area contributed by atoms with E-state index in [9.17, 15) is 9.59 Å². The van der Waals surface area contributed by atoms with Crippen molar-refractivity contribution in [3.8, 4) is 0 Å². The summed E-state index contributed by atoms with van der Waals surface area (Å²) in [5.41, 5.74) is -1.24. The maximum Gasteiger partial charge on any atom is 0.329 e. The molecule has 0 fully saturated rings. The van der Waals surface area contributed by atoms with Gasteiger partial charge in [-0.15, -0.1) is 5.10 Å². The number of carbonyl (C=O) groups excluding carboxylic acids is 1. The summed E-state index contributed by atoms with van der Waals surface area (Å²) in [6.07, 6.45) is 3.29. The van der Waals surface area contributed by atoms with E-state index in [0.29, 0.717) is 6.42 Å². The Balaban J connectivity index is 2.60. The van der Waals surface area contributed by atoms with Crippen LogP contribution in [-0.4, -0.2) is 37.5 Å². The molecule has 1 rings (SSSR count). The summed E-state index contributed by atoms with van der Waals surface area (Å²) in [6.45, 7) is 3.13. The van der Waals surface area contributed by atoms with Crippen LogP contribution in [-0.2, 0) is 16.1 Å². The Morgan fingerprint density at radius 2 is 2.25 bits per heavy atom. The van der Waals surface area contributed by atoms with E-state index >= 15 is 0 Å². The van der Waals surface area contributed by atoms with E-state index < -0.39 is 17.4 Å². The zero-order valence-corrected chi connectivity index (χ0v) is 9.17. The highest BCUT2D eigenvalue weighted by Gasteiger charge is 2.32. The molecule has 1 unspecified atom stereocenters. The Morgan fingerprint density at radius 3 is 2.69 bits per heavy atom. The Hall–Kier alpha value is -1.92. The van der Waals surface area contributed by atoms with Gasteiger partial charge >= 0.3 is 5.97 Å². The number of rotatable bonds is 5. The van der Waals surface area contributed by atoms with Gasteiger partial charge in [0.2, 0.25) is 5.91 Å². The molecule has 0 aliphatic heterocycles. The molecule has 7 heteroatoms. The van der Waals surface area contributed by atoms with Crippen molar-refractivity contribution in [2.24, 2.45) is 0 Å². The van der Waals surface area contributed by atoms with Crippen LogP contribution < -0.4 is 5.32 Å². The van der Waals surface area contributed by atoms with Crippen LogP contribution in [0.2, 0.25) is 0 Å². The number of carbonyl (C=O) groups is 2. The van der Waals surface area contributed by atoms with Crippen LogP contribution in [0, 0.1) is 0 Å². The lowest BCUT2D eigenvalue weighted by Gasteiger charge is -2.24. The summed E-state index contributed by atoms with van der Waals surface area (Å²) < 4.78 is 1.33. The largest absolute Gasteiger partial charge is 0.480 e. The number of nitrogens with one attached hydrogen (secondary N) is 1. The van der Waals surface area contributed by atoms with Gasteiger partial charge in [-0.3, -0.25) is 4.79 Å². The molecule has 0 saturated carbocycles. The normalized spacial score (nSPS) is 14.1. The fraction of sp³-hybridized carbons (Fsp3) is 0.556. The molecular formula is C9H14N4O3. The van der Waals surface area contributed by atoms with Crippen molar-refractivity contribution < 1.29 is 14.7 Å². The molecule has 0 bridgehead atoms. The quantitative estimate of drug-likeness (QED) is 0.715. The third-order valence-electron chi connectivity index (χ3n) is 2.37. The first-order valence-electron chi connectivity index (χ1n) is 4.86. The molecule has 0 spiro atoms. The summed E-state index contributed by atoms with van der Waals surface area (Å²) in [6, 6.07) is 0. The number of aliphatic carboxylic acids is 1. The zero-order valence-electron chi connectivity index (χ0n) is 9.17. The third kappa shape index (κ3) is 2.78. The molecule has 0 aliphatic carbocycles. The van der Waals surface area contributed by atoms with Crippen molar-refractivity contribution in [2.75, 3.05) is 0 Å². The number of carboxylic acids is 1. The van der Waals surface area contributed by atoms with Gasteiger partial charge in [-0.05, 0) is 13.3 Å². The molecule has 88 valence electrons. The maximum absolute atomic E-state index is 11.5. The number of hydrogen-bond acceptors (Lipinski definition) is 4. The summed E-state index contributed by atoms with van der Waals surface area (Å²) in [7, 11) is 0. The van der Waals surface area contributed by atoms with Gasteiger partial charge in [0.15, 0.2) is 0 Å².